The van der Waals surface area contributed by atoms with Crippen molar-refractivity contribution < 1.29 is 9.90 Å². The van der Waals surface area contributed by atoms with Crippen molar-refractivity contribution in [1.29, 1.82) is 5.53 Å². The van der Waals surface area contributed by atoms with Crippen LogP contribution < -0.4 is 5.73 Å². The maximum atomic E-state index is 12.4. The smallest absolute Gasteiger partial charge is 0.280 e. The molecule has 0 radical (unpaired) electrons. The van der Waals surface area contributed by atoms with Crippen molar-refractivity contribution in [1.82, 2.24) is 9.55 Å². The third kappa shape index (κ3) is 3.57. The van der Waals surface area contributed by atoms with Crippen molar-refractivity contribution in [3.8, 4) is 0 Å². The van der Waals surface area contributed by atoms with E-state index in [0.717, 1.165) is 0 Å². The predicted molar refractivity (Wildman–Crippen MR) is 121 cm³/mol. The summed E-state index contributed by atoms with van der Waals surface area (Å²) in [5.74, 6) is -0.573. The number of aliphatic hydroxyl groups is 1. The summed E-state index contributed by atoms with van der Waals surface area (Å²) in [5, 5.41) is 15.1. The van der Waals surface area contributed by atoms with Crippen LogP contribution >= 0.6 is 0 Å². The normalized spacial score (nSPS) is 12.1. The highest BCUT2D eigenvalue weighted by Crippen LogP contribution is 2.37. The van der Waals surface area contributed by atoms with Gasteiger partial charge in [-0.3, -0.25) is 4.79 Å². The van der Waals surface area contributed by atoms with Crippen molar-refractivity contribution in [3.63, 3.8) is 0 Å². The Hall–Kier alpha value is -4.17. The minimum atomic E-state index is -1.51. The van der Waals surface area contributed by atoms with Crippen molar-refractivity contribution in [3.05, 3.63) is 101 Å². The van der Waals surface area contributed by atoms with Crippen molar-refractivity contribution >= 4 is 22.9 Å². The lowest BCUT2D eigenvalue weighted by Crippen LogP contribution is -2.32. The molecule has 0 saturated carbocycles. The zero-order chi connectivity index (χ0) is 22.7. The Morgan fingerprint density at radius 1 is 1.06 bits per heavy atom. The highest BCUT2D eigenvalue weighted by molar-refractivity contribution is 6.04. The van der Waals surface area contributed by atoms with Gasteiger partial charge < -0.3 is 15.4 Å². The lowest BCUT2D eigenvalue weighted by molar-refractivity contribution is 0.100. The number of aromatic nitrogens is 2. The molecule has 4 N–H and O–H groups in total. The van der Waals surface area contributed by atoms with Gasteiger partial charge in [0.15, 0.2) is 11.4 Å². The summed E-state index contributed by atoms with van der Waals surface area (Å²) in [6.07, 6.45) is 0. The van der Waals surface area contributed by atoms with Crippen LogP contribution in [0.15, 0.2) is 89.0 Å². The van der Waals surface area contributed by atoms with Crippen LogP contribution in [0.4, 0.5) is 0 Å². The minimum absolute atomic E-state index is 0.285. The molecule has 0 saturated heterocycles. The van der Waals surface area contributed by atoms with E-state index in [1.54, 1.807) is 18.2 Å². The molecule has 32 heavy (non-hydrogen) atoms. The first-order valence-corrected chi connectivity index (χ1v) is 10.1. The summed E-state index contributed by atoms with van der Waals surface area (Å²) in [5.41, 5.74) is 13.7. The van der Waals surface area contributed by atoms with E-state index in [1.807, 2.05) is 72.2 Å². The highest BCUT2D eigenvalue weighted by atomic mass is 16.3. The Morgan fingerprint density at radius 3 is 2.19 bits per heavy atom. The molecule has 4 rings (SSSR count). The molecule has 3 aromatic carbocycles. The summed E-state index contributed by atoms with van der Waals surface area (Å²) >= 11 is 0. The number of imidazole rings is 1. The molecule has 1 heterocycles. The number of hydrogen-bond donors (Lipinski definition) is 3. The number of nitrogens with one attached hydrogen (secondary N) is 1. The first-order chi connectivity index (χ1) is 15.5. The molecule has 0 atom stereocenters. The SMILES string of the molecule is CCn1c(C(O)(c2ccccc2)c2ccccc2)nc2ccc(C(=O)N=C(N)N=N)cc21. The molecule has 0 bridgehead atoms. The van der Waals surface area contributed by atoms with Crippen LogP contribution in [0, 0.1) is 5.53 Å². The maximum Gasteiger partial charge on any atom is 0.280 e. The van der Waals surface area contributed by atoms with E-state index < -0.39 is 17.5 Å². The standard InChI is InChI=1S/C24H22N6O2/c1-2-30-20-15-16(21(31)28-23(25)29-26)13-14-19(20)27-22(30)24(32,17-9-5-3-6-10-17)18-11-7-4-8-12-18/h3-15,26,32H,2H2,1H3,(H2,25,28,31). The summed E-state index contributed by atoms with van der Waals surface area (Å²) in [7, 11) is 0. The van der Waals surface area contributed by atoms with Crippen LogP contribution in [-0.2, 0) is 12.1 Å². The van der Waals surface area contributed by atoms with Gasteiger partial charge in [0.25, 0.3) is 5.91 Å². The van der Waals surface area contributed by atoms with E-state index in [-0.39, 0.29) is 5.56 Å². The Bertz CT molecular complexity index is 1270. The quantitative estimate of drug-likeness (QED) is 0.254. The molecular formula is C24H22N6O2. The zero-order valence-electron chi connectivity index (χ0n) is 17.4. The highest BCUT2D eigenvalue weighted by Gasteiger charge is 2.38. The average Bonchev–Trinajstić information content (AvgIpc) is 3.22. The third-order valence-corrected chi connectivity index (χ3v) is 5.35. The molecule has 0 aliphatic carbocycles. The molecule has 8 heteroatoms. The van der Waals surface area contributed by atoms with E-state index in [0.29, 0.717) is 34.5 Å². The lowest BCUT2D eigenvalue weighted by atomic mass is 9.85. The molecule has 0 aliphatic heterocycles. The van der Waals surface area contributed by atoms with Gasteiger partial charge in [0.2, 0.25) is 5.96 Å². The van der Waals surface area contributed by atoms with Gasteiger partial charge in [0, 0.05) is 12.1 Å². The van der Waals surface area contributed by atoms with E-state index >= 15 is 0 Å². The molecule has 4 aromatic rings. The van der Waals surface area contributed by atoms with Crippen molar-refractivity contribution in [2.75, 3.05) is 0 Å². The minimum Gasteiger partial charge on any atom is -0.373 e. The van der Waals surface area contributed by atoms with E-state index in [9.17, 15) is 9.90 Å². The molecular weight excluding hydrogens is 404 g/mol. The Labute approximate surface area is 184 Å². The second-order valence-electron chi connectivity index (χ2n) is 7.21. The second kappa shape index (κ2) is 8.52. The second-order valence-corrected chi connectivity index (χ2v) is 7.21. The van der Waals surface area contributed by atoms with E-state index in [2.05, 4.69) is 10.1 Å². The number of amides is 1. The third-order valence-electron chi connectivity index (χ3n) is 5.35. The molecule has 0 spiro atoms. The molecule has 0 unspecified atom stereocenters. The summed E-state index contributed by atoms with van der Waals surface area (Å²) in [4.78, 5) is 20.8. The first-order valence-electron chi connectivity index (χ1n) is 10.1. The topological polar surface area (TPSA) is 130 Å². The van der Waals surface area contributed by atoms with Crippen LogP contribution in [0.5, 0.6) is 0 Å². The van der Waals surface area contributed by atoms with Gasteiger partial charge in [0.1, 0.15) is 0 Å². The van der Waals surface area contributed by atoms with Crippen molar-refractivity contribution in [2.24, 2.45) is 15.8 Å². The largest absolute Gasteiger partial charge is 0.373 e. The summed E-state index contributed by atoms with van der Waals surface area (Å²) in [6.45, 7) is 2.46. The van der Waals surface area contributed by atoms with E-state index in [1.165, 1.54) is 0 Å². The summed E-state index contributed by atoms with van der Waals surface area (Å²) in [6, 6.07) is 23.7. The van der Waals surface area contributed by atoms with Crippen LogP contribution in [0.3, 0.4) is 0 Å². The number of nitrogens with two attached hydrogens (primary N) is 1. The van der Waals surface area contributed by atoms with Crippen LogP contribution in [0.1, 0.15) is 34.2 Å². The van der Waals surface area contributed by atoms with Crippen LogP contribution in [-0.4, -0.2) is 26.5 Å². The van der Waals surface area contributed by atoms with Gasteiger partial charge in [-0.15, -0.1) is 5.11 Å². The van der Waals surface area contributed by atoms with Gasteiger partial charge in [-0.2, -0.15) is 4.99 Å². The fourth-order valence-corrected chi connectivity index (χ4v) is 3.83. The van der Waals surface area contributed by atoms with Crippen LogP contribution in [0.2, 0.25) is 0 Å². The Balaban J connectivity index is 1.96. The van der Waals surface area contributed by atoms with E-state index in [4.69, 9.17) is 16.2 Å². The number of nitrogens with zero attached hydrogens (tertiary/aromatic N) is 4. The molecule has 1 aromatic heterocycles. The van der Waals surface area contributed by atoms with Gasteiger partial charge in [-0.1, -0.05) is 60.7 Å². The van der Waals surface area contributed by atoms with Gasteiger partial charge in [0.05, 0.1) is 11.0 Å². The number of aryl methyl sites for hydroxylation is 1. The van der Waals surface area contributed by atoms with Gasteiger partial charge in [-0.25, -0.2) is 10.5 Å². The molecule has 0 aliphatic rings. The number of hydrogen-bond acceptors (Lipinski definition) is 4. The number of fused-ring (bicyclic) bond motifs is 1. The Kier molecular flexibility index (Phi) is 5.61. The van der Waals surface area contributed by atoms with Gasteiger partial charge in [-0.05, 0) is 36.2 Å². The fourth-order valence-electron chi connectivity index (χ4n) is 3.83. The summed E-state index contributed by atoms with van der Waals surface area (Å²) < 4.78 is 1.88. The average molecular weight is 426 g/mol. The number of guanidine groups is 1. The zero-order valence-corrected chi connectivity index (χ0v) is 17.4. The number of carbonyl (C=O) groups excluding carboxylic acids is 1. The van der Waals surface area contributed by atoms with Gasteiger partial charge >= 0.3 is 0 Å². The monoisotopic (exact) mass is 426 g/mol. The molecule has 160 valence electrons. The van der Waals surface area contributed by atoms with Crippen molar-refractivity contribution in [2.45, 2.75) is 19.1 Å². The number of carbonyl (C=O) groups is 1. The number of benzene rings is 3. The number of rotatable bonds is 5. The molecule has 8 nitrogen and oxygen atoms in total. The molecule has 1 amide bonds. The maximum absolute atomic E-state index is 12.4. The fraction of sp³-hybridized carbons (Fsp3) is 0.125. The predicted octanol–water partition coefficient (Wildman–Crippen LogP) is 3.83. The number of aliphatic imine (C=N–C) groups is 1. The first kappa shape index (κ1) is 21.1. The van der Waals surface area contributed by atoms with Crippen LogP contribution in [0.25, 0.3) is 11.0 Å². The molecule has 0 fully saturated rings. The lowest BCUT2D eigenvalue weighted by Gasteiger charge is -2.29. The Morgan fingerprint density at radius 2 is 1.66 bits per heavy atom.